The largest absolute Gasteiger partial charge is 0.458 e. The lowest BCUT2D eigenvalue weighted by Gasteiger charge is -2.29. The number of ether oxygens (including phenoxy) is 2. The zero-order chi connectivity index (χ0) is 16.8. The van der Waals surface area contributed by atoms with Gasteiger partial charge in [0.15, 0.2) is 0 Å². The fourth-order valence-corrected chi connectivity index (χ4v) is 3.01. The standard InChI is InChI=1S/C21H22O3/c1-16(22)24-21-13-12-19(23-15-17-8-4-2-5-9-17)14-20(21)18-10-6-3-7-11-18/h2-11,14,19,21H,12-13,15H2,1H3/t19-,21-/m1/s1. The zero-order valence-electron chi connectivity index (χ0n) is 13.9. The second-order valence-corrected chi connectivity index (χ2v) is 6.00. The summed E-state index contributed by atoms with van der Waals surface area (Å²) in [7, 11) is 0. The summed E-state index contributed by atoms with van der Waals surface area (Å²) in [5, 5.41) is 0. The van der Waals surface area contributed by atoms with Crippen LogP contribution in [0.2, 0.25) is 0 Å². The van der Waals surface area contributed by atoms with Gasteiger partial charge in [-0.2, -0.15) is 0 Å². The number of hydrogen-bond acceptors (Lipinski definition) is 3. The monoisotopic (exact) mass is 322 g/mol. The molecule has 0 fully saturated rings. The molecule has 0 unspecified atom stereocenters. The molecule has 24 heavy (non-hydrogen) atoms. The Morgan fingerprint density at radius 1 is 1.00 bits per heavy atom. The highest BCUT2D eigenvalue weighted by Crippen LogP contribution is 2.31. The summed E-state index contributed by atoms with van der Waals surface area (Å²) >= 11 is 0. The van der Waals surface area contributed by atoms with E-state index in [0.717, 1.165) is 29.5 Å². The van der Waals surface area contributed by atoms with Gasteiger partial charge in [0.25, 0.3) is 0 Å². The van der Waals surface area contributed by atoms with Crippen LogP contribution in [0.15, 0.2) is 66.7 Å². The van der Waals surface area contributed by atoms with Gasteiger partial charge < -0.3 is 9.47 Å². The number of carbonyl (C=O) groups excluding carboxylic acids is 1. The molecule has 0 N–H and O–H groups in total. The van der Waals surface area contributed by atoms with Crippen molar-refractivity contribution in [3.05, 3.63) is 77.9 Å². The molecule has 2 aromatic rings. The Bertz CT molecular complexity index is 692. The predicted octanol–water partition coefficient (Wildman–Crippen LogP) is 4.38. The maximum Gasteiger partial charge on any atom is 0.303 e. The summed E-state index contributed by atoms with van der Waals surface area (Å²) in [5.41, 5.74) is 3.28. The molecule has 3 rings (SSSR count). The minimum atomic E-state index is -0.245. The van der Waals surface area contributed by atoms with Crippen molar-refractivity contribution in [1.82, 2.24) is 0 Å². The molecule has 1 aliphatic rings. The minimum Gasteiger partial charge on any atom is -0.458 e. The van der Waals surface area contributed by atoms with E-state index in [1.807, 2.05) is 48.5 Å². The van der Waals surface area contributed by atoms with E-state index >= 15 is 0 Å². The molecule has 2 aromatic carbocycles. The van der Waals surface area contributed by atoms with E-state index in [4.69, 9.17) is 9.47 Å². The average Bonchev–Trinajstić information content (AvgIpc) is 2.62. The van der Waals surface area contributed by atoms with Gasteiger partial charge in [-0.1, -0.05) is 60.7 Å². The molecular formula is C21H22O3. The summed E-state index contributed by atoms with van der Waals surface area (Å²) in [4.78, 5) is 11.4. The van der Waals surface area contributed by atoms with E-state index in [2.05, 4.69) is 18.2 Å². The number of esters is 1. The summed E-state index contributed by atoms with van der Waals surface area (Å²) < 4.78 is 11.6. The molecule has 1 aliphatic carbocycles. The summed E-state index contributed by atoms with van der Waals surface area (Å²) in [6.45, 7) is 2.04. The van der Waals surface area contributed by atoms with Crippen LogP contribution < -0.4 is 0 Å². The van der Waals surface area contributed by atoms with E-state index < -0.39 is 0 Å². The summed E-state index contributed by atoms with van der Waals surface area (Å²) in [5.74, 6) is -0.245. The van der Waals surface area contributed by atoms with E-state index in [1.165, 1.54) is 6.92 Å². The van der Waals surface area contributed by atoms with Crippen LogP contribution in [0.4, 0.5) is 0 Å². The lowest BCUT2D eigenvalue weighted by Crippen LogP contribution is -2.26. The van der Waals surface area contributed by atoms with E-state index in [9.17, 15) is 4.79 Å². The SMILES string of the molecule is CC(=O)O[C@@H]1CC[C@@H](OCc2ccccc2)C=C1c1ccccc1. The number of rotatable bonds is 5. The van der Waals surface area contributed by atoms with Gasteiger partial charge in [0.05, 0.1) is 12.7 Å². The maximum atomic E-state index is 11.4. The molecule has 0 saturated carbocycles. The quantitative estimate of drug-likeness (QED) is 0.766. The normalized spacial score (nSPS) is 20.3. The first kappa shape index (κ1) is 16.5. The van der Waals surface area contributed by atoms with Crippen molar-refractivity contribution in [1.29, 1.82) is 0 Å². The van der Waals surface area contributed by atoms with Gasteiger partial charge in [-0.05, 0) is 35.6 Å². The third-order valence-electron chi connectivity index (χ3n) is 4.15. The third-order valence-corrected chi connectivity index (χ3v) is 4.15. The molecule has 0 saturated heterocycles. The molecule has 0 heterocycles. The highest BCUT2D eigenvalue weighted by Gasteiger charge is 2.26. The van der Waals surface area contributed by atoms with Gasteiger partial charge in [0, 0.05) is 6.92 Å². The topological polar surface area (TPSA) is 35.5 Å². The van der Waals surface area contributed by atoms with Gasteiger partial charge in [-0.15, -0.1) is 0 Å². The van der Waals surface area contributed by atoms with Crippen LogP contribution in [0.5, 0.6) is 0 Å². The van der Waals surface area contributed by atoms with Crippen molar-refractivity contribution in [2.24, 2.45) is 0 Å². The Balaban J connectivity index is 1.76. The van der Waals surface area contributed by atoms with Crippen molar-refractivity contribution < 1.29 is 14.3 Å². The Morgan fingerprint density at radius 3 is 2.33 bits per heavy atom. The zero-order valence-corrected chi connectivity index (χ0v) is 13.9. The first-order valence-corrected chi connectivity index (χ1v) is 8.32. The van der Waals surface area contributed by atoms with Gasteiger partial charge >= 0.3 is 5.97 Å². The fourth-order valence-electron chi connectivity index (χ4n) is 3.01. The number of carbonyl (C=O) groups is 1. The second kappa shape index (κ2) is 7.93. The number of benzene rings is 2. The van der Waals surface area contributed by atoms with E-state index in [1.54, 1.807) is 0 Å². The van der Waals surface area contributed by atoms with Gasteiger partial charge in [-0.3, -0.25) is 4.79 Å². The van der Waals surface area contributed by atoms with Crippen LogP contribution in [-0.4, -0.2) is 18.2 Å². The molecular weight excluding hydrogens is 300 g/mol. The van der Waals surface area contributed by atoms with Crippen molar-refractivity contribution in [3.8, 4) is 0 Å². The summed E-state index contributed by atoms with van der Waals surface area (Å²) in [6, 6.07) is 20.2. The van der Waals surface area contributed by atoms with Gasteiger partial charge in [0.2, 0.25) is 0 Å². The Labute approximate surface area is 142 Å². The second-order valence-electron chi connectivity index (χ2n) is 6.00. The van der Waals surface area contributed by atoms with E-state index in [-0.39, 0.29) is 18.2 Å². The maximum absolute atomic E-state index is 11.4. The highest BCUT2D eigenvalue weighted by atomic mass is 16.5. The average molecular weight is 322 g/mol. The van der Waals surface area contributed by atoms with Crippen LogP contribution in [-0.2, 0) is 20.9 Å². The molecule has 0 amide bonds. The molecule has 124 valence electrons. The van der Waals surface area contributed by atoms with Crippen LogP contribution in [0.1, 0.15) is 30.9 Å². The van der Waals surface area contributed by atoms with Crippen LogP contribution in [0.3, 0.4) is 0 Å². The van der Waals surface area contributed by atoms with E-state index in [0.29, 0.717) is 6.61 Å². The molecule has 0 aromatic heterocycles. The van der Waals surface area contributed by atoms with Crippen LogP contribution >= 0.6 is 0 Å². The molecule has 0 radical (unpaired) electrons. The molecule has 2 atom stereocenters. The first-order valence-electron chi connectivity index (χ1n) is 8.32. The van der Waals surface area contributed by atoms with Gasteiger partial charge in [-0.25, -0.2) is 0 Å². The highest BCUT2D eigenvalue weighted by molar-refractivity contribution is 5.74. The Morgan fingerprint density at radius 2 is 1.67 bits per heavy atom. The lowest BCUT2D eigenvalue weighted by molar-refractivity contribution is -0.144. The Kier molecular flexibility index (Phi) is 5.44. The minimum absolute atomic E-state index is 0.0345. The van der Waals surface area contributed by atoms with Crippen molar-refractivity contribution in [2.45, 2.75) is 38.6 Å². The van der Waals surface area contributed by atoms with Crippen LogP contribution in [0, 0.1) is 0 Å². The van der Waals surface area contributed by atoms with Crippen molar-refractivity contribution in [3.63, 3.8) is 0 Å². The van der Waals surface area contributed by atoms with Crippen molar-refractivity contribution >= 4 is 11.5 Å². The third kappa shape index (κ3) is 4.33. The smallest absolute Gasteiger partial charge is 0.303 e. The fraction of sp³-hybridized carbons (Fsp3) is 0.286. The summed E-state index contributed by atoms with van der Waals surface area (Å²) in [6.07, 6.45) is 3.57. The Hall–Kier alpha value is -2.39. The van der Waals surface area contributed by atoms with Crippen molar-refractivity contribution in [2.75, 3.05) is 0 Å². The molecule has 3 nitrogen and oxygen atoms in total. The molecule has 0 aliphatic heterocycles. The molecule has 0 spiro atoms. The van der Waals surface area contributed by atoms with Crippen LogP contribution in [0.25, 0.3) is 5.57 Å². The number of hydrogen-bond donors (Lipinski definition) is 0. The predicted molar refractivity (Wildman–Crippen MR) is 94.2 cm³/mol. The molecule has 0 bridgehead atoms. The lowest BCUT2D eigenvalue weighted by atomic mass is 9.89. The van der Waals surface area contributed by atoms with Gasteiger partial charge in [0.1, 0.15) is 6.10 Å². The first-order chi connectivity index (χ1) is 11.7. The molecule has 3 heteroatoms.